The molecule has 0 saturated heterocycles. The van der Waals surface area contributed by atoms with Gasteiger partial charge < -0.3 is 10.2 Å². The molecule has 1 fully saturated rings. The Bertz CT molecular complexity index is 431. The SMILES string of the molecule is CN(C)C(=O)Cc1ccc(NCC2CCCCCC2)cc1. The van der Waals surface area contributed by atoms with Gasteiger partial charge >= 0.3 is 0 Å². The second kappa shape index (κ2) is 8.06. The minimum atomic E-state index is 0.147. The van der Waals surface area contributed by atoms with E-state index in [1.807, 2.05) is 0 Å². The molecule has 1 amide bonds. The maximum Gasteiger partial charge on any atom is 0.226 e. The summed E-state index contributed by atoms with van der Waals surface area (Å²) in [6, 6.07) is 8.29. The predicted octanol–water partition coefficient (Wildman–Crippen LogP) is 3.70. The van der Waals surface area contributed by atoms with Gasteiger partial charge in [0, 0.05) is 26.3 Å². The average Bonchev–Trinajstić information content (AvgIpc) is 2.75. The normalized spacial score (nSPS) is 16.3. The Labute approximate surface area is 128 Å². The van der Waals surface area contributed by atoms with Crippen LogP contribution in [0.5, 0.6) is 0 Å². The highest BCUT2D eigenvalue weighted by Crippen LogP contribution is 2.23. The van der Waals surface area contributed by atoms with E-state index in [2.05, 4.69) is 29.6 Å². The van der Waals surface area contributed by atoms with E-state index in [-0.39, 0.29) is 5.91 Å². The van der Waals surface area contributed by atoms with E-state index >= 15 is 0 Å². The molecule has 0 radical (unpaired) electrons. The Morgan fingerprint density at radius 2 is 1.71 bits per heavy atom. The zero-order valence-electron chi connectivity index (χ0n) is 13.4. The first-order chi connectivity index (χ1) is 10.1. The fraction of sp³-hybridized carbons (Fsp3) is 0.611. The van der Waals surface area contributed by atoms with Gasteiger partial charge in [0.05, 0.1) is 6.42 Å². The quantitative estimate of drug-likeness (QED) is 0.838. The minimum absolute atomic E-state index is 0.147. The number of carbonyl (C=O) groups is 1. The molecule has 0 aliphatic heterocycles. The molecule has 3 nitrogen and oxygen atoms in total. The number of nitrogens with one attached hydrogen (secondary N) is 1. The third-order valence-corrected chi connectivity index (χ3v) is 4.38. The van der Waals surface area contributed by atoms with Gasteiger partial charge in [0.15, 0.2) is 0 Å². The fourth-order valence-electron chi connectivity index (χ4n) is 2.90. The molecule has 21 heavy (non-hydrogen) atoms. The number of carbonyl (C=O) groups excluding carboxylic acids is 1. The summed E-state index contributed by atoms with van der Waals surface area (Å²) in [5.41, 5.74) is 2.24. The molecule has 2 rings (SSSR count). The molecular formula is C18H28N2O. The third-order valence-electron chi connectivity index (χ3n) is 4.38. The van der Waals surface area contributed by atoms with Crippen LogP contribution in [0.4, 0.5) is 5.69 Å². The third kappa shape index (κ3) is 5.41. The van der Waals surface area contributed by atoms with E-state index in [0.717, 1.165) is 18.0 Å². The van der Waals surface area contributed by atoms with Gasteiger partial charge in [-0.25, -0.2) is 0 Å². The van der Waals surface area contributed by atoms with Gasteiger partial charge in [-0.15, -0.1) is 0 Å². The Kier molecular flexibility index (Phi) is 6.09. The van der Waals surface area contributed by atoms with Gasteiger partial charge in [0.25, 0.3) is 0 Å². The van der Waals surface area contributed by atoms with E-state index < -0.39 is 0 Å². The van der Waals surface area contributed by atoms with Gasteiger partial charge in [0.1, 0.15) is 0 Å². The first kappa shape index (κ1) is 15.9. The van der Waals surface area contributed by atoms with Crippen LogP contribution in [0.15, 0.2) is 24.3 Å². The number of benzene rings is 1. The number of hydrogen-bond donors (Lipinski definition) is 1. The van der Waals surface area contributed by atoms with Crippen molar-refractivity contribution in [2.24, 2.45) is 5.92 Å². The molecule has 1 aliphatic carbocycles. The number of amides is 1. The van der Waals surface area contributed by atoms with Crippen molar-refractivity contribution < 1.29 is 4.79 Å². The summed E-state index contributed by atoms with van der Waals surface area (Å²) in [6.45, 7) is 1.08. The molecule has 0 bridgehead atoms. The topological polar surface area (TPSA) is 32.3 Å². The summed E-state index contributed by atoms with van der Waals surface area (Å²) < 4.78 is 0. The average molecular weight is 288 g/mol. The van der Waals surface area contributed by atoms with Crippen molar-refractivity contribution in [1.82, 2.24) is 4.90 Å². The molecular weight excluding hydrogens is 260 g/mol. The molecule has 1 aromatic rings. The second-order valence-electron chi connectivity index (χ2n) is 6.40. The first-order valence-electron chi connectivity index (χ1n) is 8.18. The van der Waals surface area contributed by atoms with E-state index in [1.54, 1.807) is 19.0 Å². The number of nitrogens with zero attached hydrogens (tertiary/aromatic N) is 1. The standard InChI is InChI=1S/C18H28N2O/c1-20(2)18(21)13-15-9-11-17(12-10-15)19-14-16-7-5-3-4-6-8-16/h9-12,16,19H,3-8,13-14H2,1-2H3. The molecule has 0 heterocycles. The number of likely N-dealkylation sites (N-methyl/N-ethyl adjacent to an activating group) is 1. The molecule has 1 aliphatic rings. The van der Waals surface area contributed by atoms with Crippen LogP contribution >= 0.6 is 0 Å². The monoisotopic (exact) mass is 288 g/mol. The van der Waals surface area contributed by atoms with Gasteiger partial charge in [-0.3, -0.25) is 4.79 Å². The van der Waals surface area contributed by atoms with Crippen LogP contribution in [0.2, 0.25) is 0 Å². The van der Waals surface area contributed by atoms with Crippen molar-refractivity contribution in [2.45, 2.75) is 44.9 Å². The Morgan fingerprint density at radius 1 is 1.10 bits per heavy atom. The molecule has 0 atom stereocenters. The van der Waals surface area contributed by atoms with Gasteiger partial charge in [0.2, 0.25) is 5.91 Å². The van der Waals surface area contributed by atoms with Crippen molar-refractivity contribution in [3.05, 3.63) is 29.8 Å². The highest BCUT2D eigenvalue weighted by atomic mass is 16.2. The van der Waals surface area contributed by atoms with Gasteiger partial charge in [-0.05, 0) is 36.5 Å². The van der Waals surface area contributed by atoms with Gasteiger partial charge in [-0.2, -0.15) is 0 Å². The van der Waals surface area contributed by atoms with Crippen LogP contribution in [0.25, 0.3) is 0 Å². The van der Waals surface area contributed by atoms with Crippen molar-refractivity contribution in [1.29, 1.82) is 0 Å². The lowest BCUT2D eigenvalue weighted by Crippen LogP contribution is -2.23. The lowest BCUT2D eigenvalue weighted by atomic mass is 10.0. The Morgan fingerprint density at radius 3 is 2.29 bits per heavy atom. The van der Waals surface area contributed by atoms with Crippen molar-refractivity contribution in [2.75, 3.05) is 26.0 Å². The summed E-state index contributed by atoms with van der Waals surface area (Å²) in [5.74, 6) is 0.969. The second-order valence-corrected chi connectivity index (χ2v) is 6.40. The Hall–Kier alpha value is -1.51. The van der Waals surface area contributed by atoms with E-state index in [4.69, 9.17) is 0 Å². The van der Waals surface area contributed by atoms with Crippen LogP contribution in [-0.4, -0.2) is 31.4 Å². The molecule has 116 valence electrons. The molecule has 0 spiro atoms. The maximum absolute atomic E-state index is 11.7. The molecule has 0 aromatic heterocycles. The smallest absolute Gasteiger partial charge is 0.226 e. The van der Waals surface area contributed by atoms with E-state index in [0.29, 0.717) is 6.42 Å². The summed E-state index contributed by atoms with van der Waals surface area (Å²) in [4.78, 5) is 13.3. The van der Waals surface area contributed by atoms with Crippen LogP contribution in [0, 0.1) is 5.92 Å². The lowest BCUT2D eigenvalue weighted by molar-refractivity contribution is -0.127. The summed E-state index contributed by atoms with van der Waals surface area (Å²) in [7, 11) is 3.59. The summed E-state index contributed by atoms with van der Waals surface area (Å²) >= 11 is 0. The first-order valence-corrected chi connectivity index (χ1v) is 8.18. The van der Waals surface area contributed by atoms with Crippen LogP contribution in [0.1, 0.15) is 44.1 Å². The zero-order valence-corrected chi connectivity index (χ0v) is 13.4. The van der Waals surface area contributed by atoms with E-state index in [9.17, 15) is 4.79 Å². The van der Waals surface area contributed by atoms with Crippen molar-refractivity contribution in [3.63, 3.8) is 0 Å². The zero-order chi connectivity index (χ0) is 15.1. The molecule has 3 heteroatoms. The fourth-order valence-corrected chi connectivity index (χ4v) is 2.90. The van der Waals surface area contributed by atoms with Crippen LogP contribution in [0.3, 0.4) is 0 Å². The predicted molar refractivity (Wildman–Crippen MR) is 88.5 cm³/mol. The molecule has 0 unspecified atom stereocenters. The maximum atomic E-state index is 11.7. The van der Waals surface area contributed by atoms with Crippen LogP contribution in [-0.2, 0) is 11.2 Å². The Balaban J connectivity index is 1.80. The van der Waals surface area contributed by atoms with E-state index in [1.165, 1.54) is 44.2 Å². The summed E-state index contributed by atoms with van der Waals surface area (Å²) in [6.07, 6.45) is 8.80. The van der Waals surface area contributed by atoms with Crippen molar-refractivity contribution in [3.8, 4) is 0 Å². The highest BCUT2D eigenvalue weighted by molar-refractivity contribution is 5.78. The van der Waals surface area contributed by atoms with Gasteiger partial charge in [-0.1, -0.05) is 37.8 Å². The number of anilines is 1. The van der Waals surface area contributed by atoms with Crippen molar-refractivity contribution >= 4 is 11.6 Å². The molecule has 1 saturated carbocycles. The minimum Gasteiger partial charge on any atom is -0.385 e. The lowest BCUT2D eigenvalue weighted by Gasteiger charge is -2.16. The summed E-state index contributed by atoms with van der Waals surface area (Å²) in [5, 5.41) is 3.55. The molecule has 1 aromatic carbocycles. The van der Waals surface area contributed by atoms with Crippen LogP contribution < -0.4 is 5.32 Å². The highest BCUT2D eigenvalue weighted by Gasteiger charge is 2.12. The molecule has 1 N–H and O–H groups in total. The largest absolute Gasteiger partial charge is 0.385 e. The number of hydrogen-bond acceptors (Lipinski definition) is 2. The number of rotatable bonds is 5.